The van der Waals surface area contributed by atoms with Gasteiger partial charge in [0, 0.05) is 24.1 Å². The van der Waals surface area contributed by atoms with Crippen LogP contribution in [0.5, 0.6) is 5.75 Å². The van der Waals surface area contributed by atoms with Crippen molar-refractivity contribution in [3.63, 3.8) is 0 Å². The van der Waals surface area contributed by atoms with E-state index in [4.69, 9.17) is 0 Å². The van der Waals surface area contributed by atoms with Crippen LogP contribution in [0.3, 0.4) is 0 Å². The highest BCUT2D eigenvalue weighted by molar-refractivity contribution is 5.85. The molecule has 3 aromatic carbocycles. The Morgan fingerprint density at radius 3 is 2.27 bits per heavy atom. The normalized spacial score (nSPS) is 12.7. The van der Waals surface area contributed by atoms with Crippen LogP contribution in [0.15, 0.2) is 76.6 Å². The molecule has 0 bridgehead atoms. The van der Waals surface area contributed by atoms with Crippen LogP contribution in [-0.2, 0) is 0 Å². The van der Waals surface area contributed by atoms with Crippen molar-refractivity contribution in [3.05, 3.63) is 116 Å². The molecule has 2 unspecified atom stereocenters. The fraction of sp³-hybridized carbons (Fsp3) is 0.125. The van der Waals surface area contributed by atoms with E-state index in [0.717, 1.165) is 23.3 Å². The van der Waals surface area contributed by atoms with Gasteiger partial charge in [-0.25, -0.2) is 8.78 Å². The number of anilines is 2. The zero-order valence-corrected chi connectivity index (χ0v) is 18.2. The van der Waals surface area contributed by atoms with E-state index < -0.39 is 28.2 Å². The lowest BCUT2D eigenvalue weighted by Crippen LogP contribution is -2.32. The Morgan fingerprint density at radius 1 is 0.879 bits per heavy atom. The number of hydrogen-bond donors (Lipinski definition) is 3. The van der Waals surface area contributed by atoms with Gasteiger partial charge in [-0.15, -0.1) is 12.4 Å². The molecule has 0 spiro atoms. The van der Waals surface area contributed by atoms with E-state index in [1.54, 1.807) is 30.6 Å². The predicted molar refractivity (Wildman–Crippen MR) is 124 cm³/mol. The van der Waals surface area contributed by atoms with Gasteiger partial charge in [0.2, 0.25) is 0 Å². The molecule has 0 aliphatic rings. The number of nitrogens with one attached hydrogen (secondary N) is 2. The first kappa shape index (κ1) is 24.0. The van der Waals surface area contributed by atoms with Gasteiger partial charge in [0.1, 0.15) is 5.69 Å². The van der Waals surface area contributed by atoms with Crippen molar-refractivity contribution < 1.29 is 13.9 Å². The summed E-state index contributed by atoms with van der Waals surface area (Å²) in [4.78, 5) is 27.0. The van der Waals surface area contributed by atoms with E-state index in [1.807, 2.05) is 25.1 Å². The van der Waals surface area contributed by atoms with Gasteiger partial charge in [0.25, 0.3) is 10.9 Å². The Labute approximate surface area is 194 Å². The molecule has 3 N–H and O–H groups in total. The van der Waals surface area contributed by atoms with Crippen molar-refractivity contribution >= 4 is 23.8 Å². The minimum absolute atomic E-state index is 0. The van der Waals surface area contributed by atoms with Gasteiger partial charge in [-0.05, 0) is 60.0 Å². The molecule has 0 aliphatic carbocycles. The Morgan fingerprint density at radius 2 is 1.61 bits per heavy atom. The summed E-state index contributed by atoms with van der Waals surface area (Å²) in [5.41, 5.74) is 0.925. The monoisotopic (exact) mass is 471 g/mol. The molecule has 6 nitrogen and oxygen atoms in total. The van der Waals surface area contributed by atoms with E-state index >= 15 is 0 Å². The highest BCUT2D eigenvalue weighted by Crippen LogP contribution is 2.29. The summed E-state index contributed by atoms with van der Waals surface area (Å²) in [5.74, 6) is -2.42. The molecule has 0 saturated heterocycles. The van der Waals surface area contributed by atoms with E-state index in [2.05, 4.69) is 15.6 Å². The van der Waals surface area contributed by atoms with Crippen molar-refractivity contribution in [2.75, 3.05) is 5.32 Å². The second-order valence-electron chi connectivity index (χ2n) is 7.41. The van der Waals surface area contributed by atoms with Crippen LogP contribution in [-0.4, -0.2) is 10.1 Å². The Bertz CT molecular complexity index is 1340. The van der Waals surface area contributed by atoms with Gasteiger partial charge in [-0.3, -0.25) is 19.9 Å². The second kappa shape index (κ2) is 9.89. The molecule has 4 rings (SSSR count). The Hall–Kier alpha value is -3.62. The Balaban J connectivity index is 0.00000306. The minimum Gasteiger partial charge on any atom is -0.502 e. The molecule has 0 aliphatic heterocycles. The minimum atomic E-state index is -0.921. The molecule has 33 heavy (non-hydrogen) atoms. The molecule has 1 aromatic heterocycles. The van der Waals surface area contributed by atoms with Gasteiger partial charge in [0.05, 0.1) is 6.04 Å². The first-order valence-corrected chi connectivity index (χ1v) is 9.85. The molecule has 1 heterocycles. The summed E-state index contributed by atoms with van der Waals surface area (Å²) in [6.45, 7) is 1.84. The number of aromatic hydroxyl groups is 1. The second-order valence-corrected chi connectivity index (χ2v) is 7.41. The maximum absolute atomic E-state index is 13.7. The van der Waals surface area contributed by atoms with Gasteiger partial charge >= 0.3 is 0 Å². The molecule has 2 atom stereocenters. The van der Waals surface area contributed by atoms with Crippen LogP contribution >= 0.6 is 12.4 Å². The van der Waals surface area contributed by atoms with Crippen molar-refractivity contribution in [1.82, 2.24) is 10.3 Å². The smallest absolute Gasteiger partial charge is 0.271 e. The lowest BCUT2D eigenvalue weighted by Gasteiger charge is -2.25. The van der Waals surface area contributed by atoms with E-state index in [1.165, 1.54) is 6.07 Å². The molecular weight excluding hydrogens is 452 g/mol. The first-order valence-electron chi connectivity index (χ1n) is 9.85. The number of aromatic nitrogens is 1. The highest BCUT2D eigenvalue weighted by atomic mass is 35.5. The number of nitrogens with zero attached hydrogens (tertiary/aromatic N) is 1. The zero-order valence-electron chi connectivity index (χ0n) is 17.4. The van der Waals surface area contributed by atoms with Crippen LogP contribution in [0.4, 0.5) is 20.2 Å². The quantitative estimate of drug-likeness (QED) is 0.349. The van der Waals surface area contributed by atoms with Gasteiger partial charge in [-0.1, -0.05) is 18.2 Å². The summed E-state index contributed by atoms with van der Waals surface area (Å²) in [6, 6.07) is 13.8. The standard InChI is InChI=1S/C24H19F2N3O3.ClH/c1-13(15-5-6-18(25)19(26)12-15)28-20(14-7-9-27-10-8-14)16-3-2-4-17(11-16)29-21-22(30)24(32)23(21)31;/h2-13,20,28-30H,1H3;1H. The predicted octanol–water partition coefficient (Wildman–Crippen LogP) is 4.27. The summed E-state index contributed by atoms with van der Waals surface area (Å²) in [7, 11) is 0. The lowest BCUT2D eigenvalue weighted by atomic mass is 9.96. The molecule has 0 saturated carbocycles. The maximum Gasteiger partial charge on any atom is 0.271 e. The summed E-state index contributed by atoms with van der Waals surface area (Å²) < 4.78 is 27.1. The van der Waals surface area contributed by atoms with Crippen LogP contribution in [0.1, 0.15) is 35.7 Å². The van der Waals surface area contributed by atoms with Gasteiger partial charge in [-0.2, -0.15) is 0 Å². The molecule has 0 radical (unpaired) electrons. The lowest BCUT2D eigenvalue weighted by molar-refractivity contribution is 0.466. The van der Waals surface area contributed by atoms with Crippen molar-refractivity contribution in [2.45, 2.75) is 19.0 Å². The molecule has 0 fully saturated rings. The molecule has 9 heteroatoms. The first-order chi connectivity index (χ1) is 15.3. The fourth-order valence-electron chi connectivity index (χ4n) is 3.50. The van der Waals surface area contributed by atoms with Crippen LogP contribution in [0, 0.1) is 11.6 Å². The van der Waals surface area contributed by atoms with Crippen molar-refractivity contribution in [3.8, 4) is 5.75 Å². The van der Waals surface area contributed by atoms with E-state index in [-0.39, 0.29) is 30.2 Å². The topological polar surface area (TPSA) is 91.3 Å². The third kappa shape index (κ3) is 4.92. The zero-order chi connectivity index (χ0) is 22.8. The largest absolute Gasteiger partial charge is 0.502 e. The number of rotatable bonds is 7. The van der Waals surface area contributed by atoms with Crippen molar-refractivity contribution in [2.24, 2.45) is 0 Å². The van der Waals surface area contributed by atoms with Crippen LogP contribution < -0.4 is 21.5 Å². The molecule has 4 aromatic rings. The SMILES string of the molecule is CC(NC(c1ccncc1)c1cccc(Nc2c(O)c(=O)c2=O)c1)c1ccc(F)c(F)c1.Cl. The number of halogens is 3. The molecule has 0 amide bonds. The Kier molecular flexibility index (Phi) is 7.20. The van der Waals surface area contributed by atoms with E-state index in [9.17, 15) is 23.5 Å². The summed E-state index contributed by atoms with van der Waals surface area (Å²) in [5, 5.41) is 15.8. The van der Waals surface area contributed by atoms with Gasteiger partial charge < -0.3 is 10.4 Å². The highest BCUT2D eigenvalue weighted by Gasteiger charge is 2.22. The average Bonchev–Trinajstić information content (AvgIpc) is 2.82. The number of hydrogen-bond acceptors (Lipinski definition) is 6. The molecular formula is C24H20ClF2N3O3. The maximum atomic E-state index is 13.7. The molecule has 170 valence electrons. The number of pyridine rings is 1. The van der Waals surface area contributed by atoms with Gasteiger partial charge in [0.15, 0.2) is 17.4 Å². The van der Waals surface area contributed by atoms with Crippen LogP contribution in [0.25, 0.3) is 0 Å². The summed E-state index contributed by atoms with van der Waals surface area (Å²) >= 11 is 0. The average molecular weight is 472 g/mol. The van der Waals surface area contributed by atoms with Crippen LogP contribution in [0.2, 0.25) is 0 Å². The van der Waals surface area contributed by atoms with E-state index in [0.29, 0.717) is 11.3 Å². The fourth-order valence-corrected chi connectivity index (χ4v) is 3.50. The third-order valence-electron chi connectivity index (χ3n) is 5.27. The summed E-state index contributed by atoms with van der Waals surface area (Å²) in [6.07, 6.45) is 3.30. The third-order valence-corrected chi connectivity index (χ3v) is 5.27. The number of benzene rings is 2. The van der Waals surface area contributed by atoms with Crippen molar-refractivity contribution in [1.29, 1.82) is 0 Å².